The van der Waals surface area contributed by atoms with Crippen molar-refractivity contribution >= 4 is 43.0 Å². The number of ether oxygens (including phenoxy) is 2. The van der Waals surface area contributed by atoms with Gasteiger partial charge >= 0.3 is 42.8 Å². The van der Waals surface area contributed by atoms with E-state index in [1.54, 1.807) is 0 Å². The van der Waals surface area contributed by atoms with Crippen LogP contribution in [0, 0.1) is 0 Å². The minimum atomic E-state index is -4.35. The van der Waals surface area contributed by atoms with Crippen LogP contribution in [0.15, 0.2) is 17.1 Å². The Morgan fingerprint density at radius 3 is 2.82 bits per heavy atom. The quantitative estimate of drug-likeness (QED) is 0.315. The van der Waals surface area contributed by atoms with Crippen LogP contribution in [-0.4, -0.2) is 85.6 Å². The van der Waals surface area contributed by atoms with Crippen molar-refractivity contribution in [2.24, 2.45) is 0 Å². The van der Waals surface area contributed by atoms with Gasteiger partial charge in [0.25, 0.3) is 6.29 Å². The molecule has 11 nitrogen and oxygen atoms in total. The third-order valence-electron chi connectivity index (χ3n) is 2.55. The van der Waals surface area contributed by atoms with Gasteiger partial charge in [0.2, 0.25) is 0 Å². The maximum atomic E-state index is 11.4. The summed E-state index contributed by atoms with van der Waals surface area (Å²) in [5.41, 5.74) is 4.51. The Kier molecular flexibility index (Phi) is 6.99. The van der Waals surface area contributed by atoms with Gasteiger partial charge in [0.05, 0.1) is 12.8 Å². The van der Waals surface area contributed by atoms with E-state index >= 15 is 0 Å². The molecule has 22 heavy (non-hydrogen) atoms. The van der Waals surface area contributed by atoms with Crippen LogP contribution in [0.3, 0.4) is 0 Å². The summed E-state index contributed by atoms with van der Waals surface area (Å²) in [4.78, 5) is 37.3. The zero-order valence-corrected chi connectivity index (χ0v) is 11.5. The number of rotatable bonds is 5. The number of aliphatic hydroxyl groups excluding tert-OH is 1. The summed E-state index contributed by atoms with van der Waals surface area (Å²) in [6.45, 7) is -0.150. The first-order valence-corrected chi connectivity index (χ1v) is 7.54. The number of hydrogen-bond donors (Lipinski definition) is 4. The molecule has 0 amide bonds. The average Bonchev–Trinajstić information content (AvgIpc) is 2.71. The van der Waals surface area contributed by atoms with E-state index in [0.29, 0.717) is 0 Å². The molecule has 3 atom stereocenters. The molecule has 120 valence electrons. The van der Waals surface area contributed by atoms with E-state index in [2.05, 4.69) is 4.98 Å². The minimum absolute atomic E-state index is 0. The molecule has 0 bridgehead atoms. The molecular weight excluding hydrogens is 332 g/mol. The fraction of sp³-hybridized carbons (Fsp3) is 0.556. The molecule has 1 saturated heterocycles. The summed E-state index contributed by atoms with van der Waals surface area (Å²) in [5.74, 6) is 0.00981. The molecule has 1 aliphatic heterocycles. The Labute approximate surface area is 146 Å². The van der Waals surface area contributed by atoms with Crippen LogP contribution < -0.4 is 16.3 Å². The molecule has 13 heteroatoms. The zero-order valence-electron chi connectivity index (χ0n) is 10.6. The van der Waals surface area contributed by atoms with Gasteiger partial charge in [0, 0.05) is 6.07 Å². The fourth-order valence-corrected chi connectivity index (χ4v) is 1.98. The van der Waals surface area contributed by atoms with E-state index in [1.807, 2.05) is 0 Å². The topological polar surface area (TPSA) is 166 Å². The molecule has 2 rings (SSSR count). The van der Waals surface area contributed by atoms with E-state index in [4.69, 9.17) is 29.8 Å². The van der Waals surface area contributed by atoms with E-state index < -0.39 is 38.1 Å². The molecule has 5 N–H and O–H groups in total. The van der Waals surface area contributed by atoms with Crippen LogP contribution in [0.5, 0.6) is 0 Å². The molecule has 0 aliphatic carbocycles. The summed E-state index contributed by atoms with van der Waals surface area (Å²) >= 11 is 0. The SMILES string of the molecule is Nc1ccn(OC2OC[C@H](OCP(=O)(O)O)[C@H]2O)c(=O)n1.[NaH]. The van der Waals surface area contributed by atoms with Crippen molar-refractivity contribution in [3.8, 4) is 0 Å². The second-order valence-electron chi connectivity index (χ2n) is 4.26. The first kappa shape index (κ1) is 19.6. The maximum absolute atomic E-state index is 11.4. The number of nitrogen functional groups attached to an aromatic ring is 1. The molecule has 1 unspecified atom stereocenters. The monoisotopic (exact) mass is 347 g/mol. The van der Waals surface area contributed by atoms with Gasteiger partial charge < -0.3 is 34.9 Å². The summed E-state index contributed by atoms with van der Waals surface area (Å²) in [5, 5.41) is 9.86. The predicted molar refractivity (Wildman–Crippen MR) is 74.2 cm³/mol. The number of aromatic nitrogens is 2. The van der Waals surface area contributed by atoms with E-state index in [-0.39, 0.29) is 42.0 Å². The van der Waals surface area contributed by atoms with Crippen LogP contribution in [0.4, 0.5) is 5.82 Å². The summed E-state index contributed by atoms with van der Waals surface area (Å²) < 4.78 is 21.3. The van der Waals surface area contributed by atoms with Crippen molar-refractivity contribution in [1.29, 1.82) is 0 Å². The Balaban J connectivity index is 0.00000242. The summed E-state index contributed by atoms with van der Waals surface area (Å²) in [6, 6.07) is 1.31. The van der Waals surface area contributed by atoms with Crippen LogP contribution in [0.25, 0.3) is 0 Å². The molecule has 1 aromatic rings. The summed E-state index contributed by atoms with van der Waals surface area (Å²) in [7, 11) is -4.35. The van der Waals surface area contributed by atoms with Gasteiger partial charge in [-0.15, -0.1) is 4.73 Å². The zero-order chi connectivity index (χ0) is 15.6. The van der Waals surface area contributed by atoms with Gasteiger partial charge in [-0.1, -0.05) is 0 Å². The van der Waals surface area contributed by atoms with Crippen molar-refractivity contribution in [3.05, 3.63) is 22.7 Å². The van der Waals surface area contributed by atoms with E-state index in [0.717, 1.165) is 4.73 Å². The van der Waals surface area contributed by atoms with Crippen molar-refractivity contribution in [2.45, 2.75) is 18.5 Å². The Morgan fingerprint density at radius 1 is 1.55 bits per heavy atom. The average molecular weight is 347 g/mol. The molecule has 0 spiro atoms. The number of anilines is 1. The van der Waals surface area contributed by atoms with Crippen LogP contribution in [0.2, 0.25) is 0 Å². The normalized spacial score (nSPS) is 24.8. The van der Waals surface area contributed by atoms with Gasteiger partial charge in [0.15, 0.2) is 0 Å². The molecule has 1 aromatic heterocycles. The Morgan fingerprint density at radius 2 is 2.23 bits per heavy atom. The van der Waals surface area contributed by atoms with Crippen molar-refractivity contribution in [1.82, 2.24) is 9.71 Å². The number of nitrogens with zero attached hydrogens (tertiary/aromatic N) is 2. The van der Waals surface area contributed by atoms with Crippen molar-refractivity contribution in [2.75, 3.05) is 18.7 Å². The number of nitrogens with two attached hydrogens (primary N) is 1. The molecule has 2 heterocycles. The Hall–Kier alpha value is -0.490. The second kappa shape index (κ2) is 7.86. The third kappa shape index (κ3) is 5.30. The van der Waals surface area contributed by atoms with Gasteiger partial charge in [0.1, 0.15) is 24.4 Å². The van der Waals surface area contributed by atoms with Crippen molar-refractivity contribution < 1.29 is 33.8 Å². The fourth-order valence-electron chi connectivity index (χ4n) is 1.59. The third-order valence-corrected chi connectivity index (χ3v) is 3.04. The standard InChI is InChI=1S/C9H14N3O8P.Na.H/c10-6-1-2-12(9(14)11-6)20-8-7(13)5(3-18-8)19-4-21(15,16)17;;/h1-2,5,7-8,13H,3-4H2,(H2,10,11,14)(H2,15,16,17);;/t5-,7+,8?;;/m0../s1. The van der Waals surface area contributed by atoms with Gasteiger partial charge in [-0.2, -0.15) is 4.98 Å². The van der Waals surface area contributed by atoms with Crippen LogP contribution in [-0.2, 0) is 14.0 Å². The molecule has 1 aliphatic rings. The number of hydrogen-bond acceptors (Lipinski definition) is 8. The molecule has 0 aromatic carbocycles. The molecule has 0 saturated carbocycles. The van der Waals surface area contributed by atoms with Gasteiger partial charge in [-0.25, -0.2) is 4.79 Å². The molecule has 0 radical (unpaired) electrons. The predicted octanol–water partition coefficient (Wildman–Crippen LogP) is -3.16. The Bertz CT molecular complexity index is 607. The van der Waals surface area contributed by atoms with E-state index in [9.17, 15) is 14.5 Å². The first-order valence-electron chi connectivity index (χ1n) is 5.74. The van der Waals surface area contributed by atoms with Gasteiger partial charge in [-0.05, 0) is 0 Å². The van der Waals surface area contributed by atoms with E-state index in [1.165, 1.54) is 12.3 Å². The van der Waals surface area contributed by atoms with Crippen LogP contribution >= 0.6 is 7.60 Å². The first-order chi connectivity index (χ1) is 9.76. The second-order valence-corrected chi connectivity index (χ2v) is 5.84. The molecule has 1 fully saturated rings. The van der Waals surface area contributed by atoms with Gasteiger partial charge in [-0.3, -0.25) is 4.57 Å². The van der Waals surface area contributed by atoms with Crippen LogP contribution in [0.1, 0.15) is 0 Å². The summed E-state index contributed by atoms with van der Waals surface area (Å²) in [6.07, 6.45) is -3.21. The molecular formula is C9H15N3NaO8P. The van der Waals surface area contributed by atoms with Crippen molar-refractivity contribution in [3.63, 3.8) is 0 Å². The number of aliphatic hydroxyl groups is 1.